The normalized spacial score (nSPS) is 16.9. The van der Waals surface area contributed by atoms with Crippen molar-refractivity contribution in [3.8, 4) is 11.5 Å². The zero-order valence-corrected chi connectivity index (χ0v) is 22.9. The minimum absolute atomic E-state index is 0.0192. The Morgan fingerprint density at radius 3 is 2.02 bits per heavy atom. The fourth-order valence-electron chi connectivity index (χ4n) is 4.86. The fourth-order valence-corrected chi connectivity index (χ4v) is 4.86. The van der Waals surface area contributed by atoms with Crippen molar-refractivity contribution in [3.63, 3.8) is 0 Å². The molecular formula is C29H39N5O7. The molecule has 3 rings (SSSR count). The van der Waals surface area contributed by atoms with Crippen molar-refractivity contribution in [2.75, 3.05) is 13.1 Å². The zero-order chi connectivity index (χ0) is 29.9. The second-order valence-corrected chi connectivity index (χ2v) is 10.3. The van der Waals surface area contributed by atoms with Crippen LogP contribution in [0.4, 0.5) is 0 Å². The molecule has 12 nitrogen and oxygen atoms in total. The number of likely N-dealkylation sites (tertiary alicyclic amines) is 1. The smallest absolute Gasteiger partial charge is 0.326 e. The number of carbonyl (C=O) groups is 4. The zero-order valence-electron chi connectivity index (χ0n) is 22.9. The van der Waals surface area contributed by atoms with Crippen LogP contribution in [0.5, 0.6) is 11.5 Å². The lowest BCUT2D eigenvalue weighted by Gasteiger charge is -2.29. The molecule has 0 aliphatic carbocycles. The van der Waals surface area contributed by atoms with Crippen molar-refractivity contribution >= 4 is 23.7 Å². The van der Waals surface area contributed by atoms with Crippen LogP contribution in [-0.4, -0.2) is 81.2 Å². The van der Waals surface area contributed by atoms with Gasteiger partial charge in [-0.05, 0) is 80.5 Å². The van der Waals surface area contributed by atoms with E-state index in [2.05, 4.69) is 10.6 Å². The van der Waals surface area contributed by atoms with Gasteiger partial charge in [-0.2, -0.15) is 0 Å². The molecule has 2 aromatic rings. The van der Waals surface area contributed by atoms with Gasteiger partial charge >= 0.3 is 5.97 Å². The number of nitrogens with one attached hydrogen (secondary N) is 2. The second-order valence-electron chi connectivity index (χ2n) is 10.3. The Bertz CT molecular complexity index is 1190. The molecule has 0 radical (unpaired) electrons. The Labute approximate surface area is 238 Å². The number of hydrogen-bond acceptors (Lipinski definition) is 8. The van der Waals surface area contributed by atoms with E-state index in [1.807, 2.05) is 0 Å². The van der Waals surface area contributed by atoms with E-state index >= 15 is 0 Å². The first-order valence-corrected chi connectivity index (χ1v) is 13.7. The number of phenolic OH excluding ortho intramolecular Hbond substituents is 2. The van der Waals surface area contributed by atoms with Gasteiger partial charge in [-0.15, -0.1) is 0 Å². The number of amides is 3. The number of nitrogens with two attached hydrogens (primary N) is 2. The Kier molecular flexibility index (Phi) is 11.5. The highest BCUT2D eigenvalue weighted by Gasteiger charge is 2.38. The Morgan fingerprint density at radius 2 is 1.46 bits per heavy atom. The van der Waals surface area contributed by atoms with Gasteiger partial charge in [-0.1, -0.05) is 24.3 Å². The standard InChI is InChI=1S/C29H39N5O7/c30-14-2-1-4-23(26(37)33-24(29(40)41)17-19-8-12-21(36)13-9-19)32-27(38)25-5-3-15-34(25)28(39)22(31)16-18-6-10-20(35)11-7-18/h6-13,22-25,35-36H,1-5,14-17,30-31H2,(H,32,38)(H,33,37)(H,40,41). The molecule has 1 fully saturated rings. The highest BCUT2D eigenvalue weighted by molar-refractivity contribution is 5.94. The van der Waals surface area contributed by atoms with Crippen LogP contribution >= 0.6 is 0 Å². The number of aliphatic carboxylic acids is 1. The lowest BCUT2D eigenvalue weighted by Crippen LogP contribution is -2.57. The maximum Gasteiger partial charge on any atom is 0.326 e. The summed E-state index contributed by atoms with van der Waals surface area (Å²) in [6, 6.07) is 8.35. The molecule has 3 amide bonds. The summed E-state index contributed by atoms with van der Waals surface area (Å²) in [6.45, 7) is 0.739. The van der Waals surface area contributed by atoms with Gasteiger partial charge in [-0.3, -0.25) is 14.4 Å². The summed E-state index contributed by atoms with van der Waals surface area (Å²) < 4.78 is 0. The molecule has 1 heterocycles. The fraction of sp³-hybridized carbons (Fsp3) is 0.448. The molecular weight excluding hydrogens is 530 g/mol. The number of phenols is 2. The van der Waals surface area contributed by atoms with Crippen LogP contribution in [0.3, 0.4) is 0 Å². The second kappa shape index (κ2) is 15.0. The molecule has 0 spiro atoms. The first-order valence-electron chi connectivity index (χ1n) is 13.7. The molecule has 4 atom stereocenters. The molecule has 1 saturated heterocycles. The lowest BCUT2D eigenvalue weighted by molar-refractivity contribution is -0.143. The number of rotatable bonds is 14. The predicted molar refractivity (Wildman–Crippen MR) is 151 cm³/mol. The third-order valence-electron chi connectivity index (χ3n) is 7.12. The minimum atomic E-state index is -1.26. The number of aromatic hydroxyl groups is 2. The van der Waals surface area contributed by atoms with Gasteiger partial charge in [0.05, 0.1) is 6.04 Å². The molecule has 4 unspecified atom stereocenters. The van der Waals surface area contributed by atoms with Crippen molar-refractivity contribution in [2.24, 2.45) is 11.5 Å². The van der Waals surface area contributed by atoms with Gasteiger partial charge < -0.3 is 42.3 Å². The van der Waals surface area contributed by atoms with E-state index in [1.165, 1.54) is 29.2 Å². The summed E-state index contributed by atoms with van der Waals surface area (Å²) in [5.41, 5.74) is 13.1. The van der Waals surface area contributed by atoms with Crippen LogP contribution in [-0.2, 0) is 32.0 Å². The average Bonchev–Trinajstić information content (AvgIpc) is 3.44. The van der Waals surface area contributed by atoms with Crippen molar-refractivity contribution in [2.45, 2.75) is 69.1 Å². The van der Waals surface area contributed by atoms with Gasteiger partial charge in [0.15, 0.2) is 0 Å². The summed E-state index contributed by atoms with van der Waals surface area (Å²) in [4.78, 5) is 53.1. The Balaban J connectivity index is 1.67. The molecule has 1 aliphatic heterocycles. The maximum atomic E-state index is 13.4. The summed E-state index contributed by atoms with van der Waals surface area (Å²) in [5, 5.41) is 33.9. The van der Waals surface area contributed by atoms with Crippen LogP contribution in [0.1, 0.15) is 43.2 Å². The van der Waals surface area contributed by atoms with E-state index in [4.69, 9.17) is 11.5 Å². The highest BCUT2D eigenvalue weighted by atomic mass is 16.4. The number of hydrogen-bond donors (Lipinski definition) is 7. The van der Waals surface area contributed by atoms with Crippen LogP contribution in [0, 0.1) is 0 Å². The number of carboxylic acid groups (broad SMARTS) is 1. The van der Waals surface area contributed by atoms with E-state index in [0.717, 1.165) is 5.56 Å². The molecule has 41 heavy (non-hydrogen) atoms. The van der Waals surface area contributed by atoms with E-state index in [-0.39, 0.29) is 36.7 Å². The molecule has 0 aromatic heterocycles. The van der Waals surface area contributed by atoms with E-state index in [1.54, 1.807) is 24.3 Å². The quantitative estimate of drug-likeness (QED) is 0.157. The molecule has 0 bridgehead atoms. The Morgan fingerprint density at radius 1 is 0.878 bits per heavy atom. The first-order chi connectivity index (χ1) is 19.6. The lowest BCUT2D eigenvalue weighted by atomic mass is 10.0. The first kappa shape index (κ1) is 31.4. The van der Waals surface area contributed by atoms with Crippen LogP contribution in [0.25, 0.3) is 0 Å². The third-order valence-corrected chi connectivity index (χ3v) is 7.12. The summed E-state index contributed by atoms with van der Waals surface area (Å²) in [5.74, 6) is -2.65. The van der Waals surface area contributed by atoms with Crippen LogP contribution in [0.2, 0.25) is 0 Å². The monoisotopic (exact) mass is 569 g/mol. The van der Waals surface area contributed by atoms with Crippen molar-refractivity contribution < 1.29 is 34.5 Å². The summed E-state index contributed by atoms with van der Waals surface area (Å²) in [7, 11) is 0. The van der Waals surface area contributed by atoms with E-state index in [9.17, 15) is 34.5 Å². The van der Waals surface area contributed by atoms with Crippen LogP contribution in [0.15, 0.2) is 48.5 Å². The minimum Gasteiger partial charge on any atom is -0.508 e. The topological polar surface area (TPSA) is 208 Å². The molecule has 9 N–H and O–H groups in total. The maximum absolute atomic E-state index is 13.4. The van der Waals surface area contributed by atoms with Gasteiger partial charge in [0.2, 0.25) is 17.7 Å². The number of carbonyl (C=O) groups excluding carboxylic acids is 3. The third kappa shape index (κ3) is 9.19. The van der Waals surface area contributed by atoms with Crippen molar-refractivity contribution in [3.05, 3.63) is 59.7 Å². The largest absolute Gasteiger partial charge is 0.508 e. The van der Waals surface area contributed by atoms with Gasteiger partial charge in [0, 0.05) is 13.0 Å². The summed E-state index contributed by atoms with van der Waals surface area (Å²) in [6.07, 6.45) is 2.57. The number of unbranched alkanes of at least 4 members (excludes halogenated alkanes) is 1. The van der Waals surface area contributed by atoms with Crippen LogP contribution < -0.4 is 22.1 Å². The van der Waals surface area contributed by atoms with Gasteiger partial charge in [-0.25, -0.2) is 4.79 Å². The summed E-state index contributed by atoms with van der Waals surface area (Å²) >= 11 is 0. The van der Waals surface area contributed by atoms with E-state index in [0.29, 0.717) is 44.3 Å². The molecule has 222 valence electrons. The Hall–Kier alpha value is -4.16. The highest BCUT2D eigenvalue weighted by Crippen LogP contribution is 2.20. The number of carboxylic acids is 1. The molecule has 12 heteroatoms. The molecule has 1 aliphatic rings. The molecule has 0 saturated carbocycles. The van der Waals surface area contributed by atoms with Gasteiger partial charge in [0.25, 0.3) is 0 Å². The number of nitrogens with zero attached hydrogens (tertiary/aromatic N) is 1. The van der Waals surface area contributed by atoms with Gasteiger partial charge in [0.1, 0.15) is 29.6 Å². The average molecular weight is 570 g/mol. The van der Waals surface area contributed by atoms with Crippen molar-refractivity contribution in [1.82, 2.24) is 15.5 Å². The predicted octanol–water partition coefficient (Wildman–Crippen LogP) is 0.385. The SMILES string of the molecule is NCCCCC(NC(=O)C1CCCN1C(=O)C(N)Cc1ccc(O)cc1)C(=O)NC(Cc1ccc(O)cc1)C(=O)O. The molecule has 2 aromatic carbocycles. The van der Waals surface area contributed by atoms with E-state index < -0.39 is 42.0 Å². The number of benzene rings is 2. The van der Waals surface area contributed by atoms with Crippen molar-refractivity contribution in [1.29, 1.82) is 0 Å².